The van der Waals surface area contributed by atoms with Crippen LogP contribution in [0.15, 0.2) is 77.3 Å². The van der Waals surface area contributed by atoms with Gasteiger partial charge in [0.05, 0.1) is 6.42 Å². The third kappa shape index (κ3) is 7.29. The Kier molecular flexibility index (Phi) is 8.84. The standard InChI is InChI=1S/C28H31BrN2O2/c1-4-30-28(33)26(17-22-8-6-5-7-9-22)31(19-23-10-12-25(29)13-11-23)27(32)18-24-15-20(2)14-21(3)16-24/h5-16,26H,4,17-19H2,1-3H3,(H,30,33)/t26-/m1/s1. The third-order valence-corrected chi connectivity index (χ3v) is 6.05. The number of rotatable bonds is 9. The van der Waals surface area contributed by atoms with Crippen LogP contribution in [0.1, 0.15) is 34.7 Å². The van der Waals surface area contributed by atoms with Gasteiger partial charge in [-0.1, -0.05) is 87.7 Å². The van der Waals surface area contributed by atoms with Crippen LogP contribution in [0.3, 0.4) is 0 Å². The Morgan fingerprint density at radius 3 is 2.12 bits per heavy atom. The molecule has 0 spiro atoms. The largest absolute Gasteiger partial charge is 0.355 e. The highest BCUT2D eigenvalue weighted by Gasteiger charge is 2.30. The normalized spacial score (nSPS) is 11.6. The van der Waals surface area contributed by atoms with E-state index in [0.29, 0.717) is 19.5 Å². The molecule has 3 aromatic carbocycles. The van der Waals surface area contributed by atoms with E-state index in [4.69, 9.17) is 0 Å². The molecule has 0 radical (unpaired) electrons. The lowest BCUT2D eigenvalue weighted by molar-refractivity contribution is -0.140. The maximum absolute atomic E-state index is 13.7. The van der Waals surface area contributed by atoms with Crippen LogP contribution in [0.4, 0.5) is 0 Å². The molecule has 172 valence electrons. The zero-order valence-electron chi connectivity index (χ0n) is 19.5. The molecule has 0 bridgehead atoms. The minimum absolute atomic E-state index is 0.0601. The van der Waals surface area contributed by atoms with Crippen molar-refractivity contribution in [3.05, 3.63) is 105 Å². The number of halogens is 1. The number of hydrogen-bond donors (Lipinski definition) is 1. The molecule has 2 amide bonds. The Morgan fingerprint density at radius 2 is 1.52 bits per heavy atom. The summed E-state index contributed by atoms with van der Waals surface area (Å²) < 4.78 is 0.976. The predicted octanol–water partition coefficient (Wildman–Crippen LogP) is 5.38. The van der Waals surface area contributed by atoms with Crippen LogP contribution >= 0.6 is 15.9 Å². The molecule has 0 aromatic heterocycles. The minimum Gasteiger partial charge on any atom is -0.355 e. The summed E-state index contributed by atoms with van der Waals surface area (Å²) in [5, 5.41) is 2.94. The van der Waals surface area contributed by atoms with E-state index in [2.05, 4.69) is 27.3 Å². The molecule has 0 fully saturated rings. The van der Waals surface area contributed by atoms with Crippen molar-refractivity contribution in [2.45, 2.75) is 46.2 Å². The Morgan fingerprint density at radius 1 is 0.879 bits per heavy atom. The highest BCUT2D eigenvalue weighted by molar-refractivity contribution is 9.10. The second-order valence-corrected chi connectivity index (χ2v) is 9.34. The third-order valence-electron chi connectivity index (χ3n) is 5.53. The summed E-state index contributed by atoms with van der Waals surface area (Å²) in [6.07, 6.45) is 0.714. The van der Waals surface area contributed by atoms with Gasteiger partial charge in [0.2, 0.25) is 11.8 Å². The summed E-state index contributed by atoms with van der Waals surface area (Å²) in [5.74, 6) is -0.192. The van der Waals surface area contributed by atoms with E-state index in [1.165, 1.54) is 0 Å². The number of likely N-dealkylation sites (N-methyl/N-ethyl adjacent to an activating group) is 1. The second-order valence-electron chi connectivity index (χ2n) is 8.42. The molecule has 5 heteroatoms. The topological polar surface area (TPSA) is 49.4 Å². The maximum Gasteiger partial charge on any atom is 0.243 e. The molecule has 0 saturated heterocycles. The first-order chi connectivity index (χ1) is 15.9. The fourth-order valence-corrected chi connectivity index (χ4v) is 4.34. The highest BCUT2D eigenvalue weighted by atomic mass is 79.9. The van der Waals surface area contributed by atoms with Crippen molar-refractivity contribution in [3.63, 3.8) is 0 Å². The molecular formula is C28H31BrN2O2. The Labute approximate surface area is 205 Å². The summed E-state index contributed by atoms with van der Waals surface area (Å²) in [5.41, 5.74) is 5.22. The lowest BCUT2D eigenvalue weighted by Gasteiger charge is -2.31. The Balaban J connectivity index is 1.96. The number of hydrogen-bond acceptors (Lipinski definition) is 2. The number of carbonyl (C=O) groups excluding carboxylic acids is 2. The van der Waals surface area contributed by atoms with Crippen LogP contribution in [-0.2, 0) is 29.0 Å². The molecule has 3 aromatic rings. The maximum atomic E-state index is 13.7. The molecular weight excluding hydrogens is 476 g/mol. The first-order valence-electron chi connectivity index (χ1n) is 11.3. The molecule has 33 heavy (non-hydrogen) atoms. The van der Waals surface area contributed by atoms with Crippen LogP contribution in [0.5, 0.6) is 0 Å². The highest BCUT2D eigenvalue weighted by Crippen LogP contribution is 2.19. The van der Waals surface area contributed by atoms with E-state index in [1.54, 1.807) is 4.90 Å². The summed E-state index contributed by atoms with van der Waals surface area (Å²) >= 11 is 3.47. The molecule has 0 aliphatic rings. The van der Waals surface area contributed by atoms with Gasteiger partial charge in [0.25, 0.3) is 0 Å². The van der Waals surface area contributed by atoms with Gasteiger partial charge in [-0.05, 0) is 49.6 Å². The van der Waals surface area contributed by atoms with Crippen LogP contribution < -0.4 is 5.32 Å². The van der Waals surface area contributed by atoms with E-state index in [-0.39, 0.29) is 18.2 Å². The van der Waals surface area contributed by atoms with Crippen LogP contribution in [0.2, 0.25) is 0 Å². The van der Waals surface area contributed by atoms with Crippen LogP contribution in [-0.4, -0.2) is 29.3 Å². The first kappa shape index (κ1) is 24.7. The zero-order chi connectivity index (χ0) is 23.8. The number of benzene rings is 3. The van der Waals surface area contributed by atoms with Gasteiger partial charge in [-0.25, -0.2) is 0 Å². The van der Waals surface area contributed by atoms with Gasteiger partial charge in [-0.15, -0.1) is 0 Å². The first-order valence-corrected chi connectivity index (χ1v) is 12.1. The molecule has 0 heterocycles. The molecule has 4 nitrogen and oxygen atoms in total. The van der Waals surface area contributed by atoms with Crippen molar-refractivity contribution in [2.75, 3.05) is 6.54 Å². The van der Waals surface area contributed by atoms with E-state index < -0.39 is 6.04 Å². The average Bonchev–Trinajstić information content (AvgIpc) is 2.77. The van der Waals surface area contributed by atoms with Gasteiger partial charge in [0, 0.05) is 24.0 Å². The van der Waals surface area contributed by atoms with Gasteiger partial charge in [0.1, 0.15) is 6.04 Å². The summed E-state index contributed by atoms with van der Waals surface area (Å²) in [6, 6.07) is 23.3. The Hall–Kier alpha value is -2.92. The average molecular weight is 507 g/mol. The fourth-order valence-electron chi connectivity index (χ4n) is 4.08. The van der Waals surface area contributed by atoms with Crippen molar-refractivity contribution >= 4 is 27.7 Å². The molecule has 0 aliphatic carbocycles. The number of nitrogens with one attached hydrogen (secondary N) is 1. The molecule has 3 rings (SSSR count). The SMILES string of the molecule is CCNC(=O)[C@@H](Cc1ccccc1)N(Cc1ccc(Br)cc1)C(=O)Cc1cc(C)cc(C)c1. The molecule has 0 unspecified atom stereocenters. The number of carbonyl (C=O) groups is 2. The predicted molar refractivity (Wildman–Crippen MR) is 137 cm³/mol. The summed E-state index contributed by atoms with van der Waals surface area (Å²) in [7, 11) is 0. The number of amides is 2. The second kappa shape index (κ2) is 11.8. The van der Waals surface area contributed by atoms with Crippen molar-refractivity contribution < 1.29 is 9.59 Å². The smallest absolute Gasteiger partial charge is 0.243 e. The van der Waals surface area contributed by atoms with E-state index in [9.17, 15) is 9.59 Å². The van der Waals surface area contributed by atoms with Gasteiger partial charge in [-0.3, -0.25) is 9.59 Å². The number of nitrogens with zero attached hydrogens (tertiary/aromatic N) is 1. The van der Waals surface area contributed by atoms with E-state index >= 15 is 0 Å². The quantitative estimate of drug-likeness (QED) is 0.423. The van der Waals surface area contributed by atoms with Crippen LogP contribution in [0, 0.1) is 13.8 Å². The lowest BCUT2D eigenvalue weighted by atomic mass is 10.0. The summed E-state index contributed by atoms with van der Waals surface area (Å²) in [4.78, 5) is 28.6. The van der Waals surface area contributed by atoms with Crippen molar-refractivity contribution in [1.82, 2.24) is 10.2 Å². The van der Waals surface area contributed by atoms with Crippen molar-refractivity contribution in [2.24, 2.45) is 0 Å². The van der Waals surface area contributed by atoms with Crippen molar-refractivity contribution in [3.8, 4) is 0 Å². The van der Waals surface area contributed by atoms with Gasteiger partial charge in [-0.2, -0.15) is 0 Å². The fraction of sp³-hybridized carbons (Fsp3) is 0.286. The molecule has 0 aliphatic heterocycles. The van der Waals surface area contributed by atoms with Gasteiger partial charge >= 0.3 is 0 Å². The monoisotopic (exact) mass is 506 g/mol. The molecule has 0 saturated carbocycles. The number of aryl methyl sites for hydroxylation is 2. The lowest BCUT2D eigenvalue weighted by Crippen LogP contribution is -2.50. The minimum atomic E-state index is -0.602. The van der Waals surface area contributed by atoms with Crippen molar-refractivity contribution in [1.29, 1.82) is 0 Å². The molecule has 1 N–H and O–H groups in total. The van der Waals surface area contributed by atoms with Gasteiger partial charge in [0.15, 0.2) is 0 Å². The van der Waals surface area contributed by atoms with E-state index in [0.717, 1.165) is 32.3 Å². The molecule has 1 atom stereocenters. The van der Waals surface area contributed by atoms with Gasteiger partial charge < -0.3 is 10.2 Å². The van der Waals surface area contributed by atoms with E-state index in [1.807, 2.05) is 87.5 Å². The van der Waals surface area contributed by atoms with Crippen LogP contribution in [0.25, 0.3) is 0 Å². The zero-order valence-corrected chi connectivity index (χ0v) is 21.1. The Bertz CT molecular complexity index is 1060. The summed E-state index contributed by atoms with van der Waals surface area (Å²) in [6.45, 7) is 6.85.